The predicted molar refractivity (Wildman–Crippen MR) is 85.2 cm³/mol. The van der Waals surface area contributed by atoms with Crippen molar-refractivity contribution in [3.8, 4) is 17.2 Å². The van der Waals surface area contributed by atoms with E-state index in [2.05, 4.69) is 0 Å². The van der Waals surface area contributed by atoms with Gasteiger partial charge in [0.1, 0.15) is 22.8 Å². The van der Waals surface area contributed by atoms with Crippen molar-refractivity contribution in [2.75, 3.05) is 14.2 Å². The van der Waals surface area contributed by atoms with Gasteiger partial charge in [0.2, 0.25) is 0 Å². The van der Waals surface area contributed by atoms with Crippen molar-refractivity contribution in [1.29, 1.82) is 0 Å². The predicted octanol–water partition coefficient (Wildman–Crippen LogP) is 3.85. The van der Waals surface area contributed by atoms with Gasteiger partial charge >= 0.3 is 5.97 Å². The SMILES string of the molecule is COc1ccc(OC)c(C(=O)Oc2c(C)ccc(C)c2C)c1. The molecular weight excluding hydrogens is 280 g/mol. The Kier molecular flexibility index (Phi) is 4.71. The molecule has 4 nitrogen and oxygen atoms in total. The average molecular weight is 300 g/mol. The van der Waals surface area contributed by atoms with E-state index in [-0.39, 0.29) is 0 Å². The van der Waals surface area contributed by atoms with Gasteiger partial charge in [-0.15, -0.1) is 0 Å². The van der Waals surface area contributed by atoms with Gasteiger partial charge in [-0.3, -0.25) is 0 Å². The molecule has 0 aliphatic heterocycles. The van der Waals surface area contributed by atoms with Gasteiger partial charge < -0.3 is 14.2 Å². The van der Waals surface area contributed by atoms with Crippen LogP contribution in [-0.4, -0.2) is 20.2 Å². The lowest BCUT2D eigenvalue weighted by atomic mass is 10.1. The molecule has 0 heterocycles. The number of carbonyl (C=O) groups is 1. The van der Waals surface area contributed by atoms with Crippen LogP contribution in [0.25, 0.3) is 0 Å². The zero-order valence-electron chi connectivity index (χ0n) is 13.5. The van der Waals surface area contributed by atoms with Crippen molar-refractivity contribution in [2.45, 2.75) is 20.8 Å². The third-order valence-electron chi connectivity index (χ3n) is 3.69. The Balaban J connectivity index is 2.40. The zero-order chi connectivity index (χ0) is 16.3. The normalized spacial score (nSPS) is 10.2. The topological polar surface area (TPSA) is 44.8 Å². The van der Waals surface area contributed by atoms with E-state index >= 15 is 0 Å². The first-order valence-electron chi connectivity index (χ1n) is 6.99. The van der Waals surface area contributed by atoms with Crippen LogP contribution in [0, 0.1) is 20.8 Å². The van der Waals surface area contributed by atoms with Crippen molar-refractivity contribution in [2.24, 2.45) is 0 Å². The first-order chi connectivity index (χ1) is 10.5. The molecule has 0 amide bonds. The molecule has 0 spiro atoms. The fraction of sp³-hybridized carbons (Fsp3) is 0.278. The van der Waals surface area contributed by atoms with Crippen LogP contribution < -0.4 is 14.2 Å². The van der Waals surface area contributed by atoms with Crippen molar-refractivity contribution in [1.82, 2.24) is 0 Å². The molecule has 0 radical (unpaired) electrons. The fourth-order valence-electron chi connectivity index (χ4n) is 2.20. The molecule has 4 heteroatoms. The molecule has 0 unspecified atom stereocenters. The van der Waals surface area contributed by atoms with E-state index in [0.29, 0.717) is 22.8 Å². The lowest BCUT2D eigenvalue weighted by Crippen LogP contribution is -2.12. The van der Waals surface area contributed by atoms with Crippen LogP contribution in [0.3, 0.4) is 0 Å². The molecular formula is C18H20O4. The van der Waals surface area contributed by atoms with E-state index in [0.717, 1.165) is 16.7 Å². The van der Waals surface area contributed by atoms with E-state index in [1.54, 1.807) is 25.3 Å². The van der Waals surface area contributed by atoms with Gasteiger partial charge in [0.25, 0.3) is 0 Å². The number of benzene rings is 2. The van der Waals surface area contributed by atoms with Gasteiger partial charge in [0, 0.05) is 0 Å². The van der Waals surface area contributed by atoms with Crippen LogP contribution in [0.4, 0.5) is 0 Å². The van der Waals surface area contributed by atoms with E-state index in [4.69, 9.17) is 14.2 Å². The minimum atomic E-state index is -0.465. The molecule has 2 rings (SSSR count). The second-order valence-corrected chi connectivity index (χ2v) is 5.11. The standard InChI is InChI=1S/C18H20O4/c1-11-6-7-12(2)17(13(11)3)22-18(19)15-10-14(20-4)8-9-16(15)21-5/h6-10H,1-5H3. The first-order valence-corrected chi connectivity index (χ1v) is 6.99. The molecule has 116 valence electrons. The van der Waals surface area contributed by atoms with Gasteiger partial charge in [0.05, 0.1) is 14.2 Å². The summed E-state index contributed by atoms with van der Waals surface area (Å²) in [6.07, 6.45) is 0. The Morgan fingerprint density at radius 2 is 1.59 bits per heavy atom. The highest BCUT2D eigenvalue weighted by Gasteiger charge is 2.18. The molecule has 0 aliphatic carbocycles. The van der Waals surface area contributed by atoms with Crippen LogP contribution in [0.1, 0.15) is 27.0 Å². The molecule has 0 saturated heterocycles. The zero-order valence-corrected chi connectivity index (χ0v) is 13.5. The third kappa shape index (κ3) is 3.06. The monoisotopic (exact) mass is 300 g/mol. The molecule has 0 aliphatic rings. The highest BCUT2D eigenvalue weighted by atomic mass is 16.5. The molecule has 0 atom stereocenters. The summed E-state index contributed by atoms with van der Waals surface area (Å²) in [4.78, 5) is 12.5. The quantitative estimate of drug-likeness (QED) is 0.635. The van der Waals surface area contributed by atoms with Crippen LogP contribution in [0.15, 0.2) is 30.3 Å². The Labute approximate surface area is 130 Å². The Morgan fingerprint density at radius 3 is 2.23 bits per heavy atom. The molecule has 22 heavy (non-hydrogen) atoms. The van der Waals surface area contributed by atoms with Gasteiger partial charge in [-0.05, 0) is 55.7 Å². The Hall–Kier alpha value is -2.49. The van der Waals surface area contributed by atoms with Crippen LogP contribution >= 0.6 is 0 Å². The second-order valence-electron chi connectivity index (χ2n) is 5.11. The molecule has 0 bridgehead atoms. The highest BCUT2D eigenvalue weighted by Crippen LogP contribution is 2.29. The molecule has 0 saturated carbocycles. The fourth-order valence-corrected chi connectivity index (χ4v) is 2.20. The number of methoxy groups -OCH3 is 2. The number of aryl methyl sites for hydroxylation is 2. The third-order valence-corrected chi connectivity index (χ3v) is 3.69. The lowest BCUT2D eigenvalue weighted by molar-refractivity contribution is 0.0728. The molecule has 0 aromatic heterocycles. The molecule has 0 N–H and O–H groups in total. The second kappa shape index (κ2) is 6.52. The first kappa shape index (κ1) is 15.9. The highest BCUT2D eigenvalue weighted by molar-refractivity contribution is 5.94. The number of hydrogen-bond donors (Lipinski definition) is 0. The summed E-state index contributed by atoms with van der Waals surface area (Å²) in [6, 6.07) is 8.98. The summed E-state index contributed by atoms with van der Waals surface area (Å²) in [7, 11) is 3.06. The number of esters is 1. The number of ether oxygens (including phenoxy) is 3. The summed E-state index contributed by atoms with van der Waals surface area (Å²) in [5.74, 6) is 1.15. The maximum Gasteiger partial charge on any atom is 0.347 e. The Bertz CT molecular complexity index is 704. The van der Waals surface area contributed by atoms with Gasteiger partial charge in [-0.2, -0.15) is 0 Å². The molecule has 2 aromatic rings. The maximum atomic E-state index is 12.5. The number of hydrogen-bond acceptors (Lipinski definition) is 4. The van der Waals surface area contributed by atoms with Crippen molar-refractivity contribution in [3.63, 3.8) is 0 Å². The smallest absolute Gasteiger partial charge is 0.347 e. The van der Waals surface area contributed by atoms with Crippen molar-refractivity contribution in [3.05, 3.63) is 52.6 Å². The molecule has 2 aromatic carbocycles. The lowest BCUT2D eigenvalue weighted by Gasteiger charge is -2.14. The van der Waals surface area contributed by atoms with E-state index < -0.39 is 5.97 Å². The summed E-state index contributed by atoms with van der Waals surface area (Å²) in [5.41, 5.74) is 3.28. The minimum absolute atomic E-state index is 0.335. The van der Waals surface area contributed by atoms with Crippen LogP contribution in [0.5, 0.6) is 17.2 Å². The van der Waals surface area contributed by atoms with Crippen LogP contribution in [0.2, 0.25) is 0 Å². The van der Waals surface area contributed by atoms with Gasteiger partial charge in [-0.1, -0.05) is 12.1 Å². The summed E-state index contributed by atoms with van der Waals surface area (Å²) >= 11 is 0. The van der Waals surface area contributed by atoms with Crippen molar-refractivity contribution < 1.29 is 19.0 Å². The summed E-state index contributed by atoms with van der Waals surface area (Å²) in [6.45, 7) is 5.84. The van der Waals surface area contributed by atoms with Crippen LogP contribution in [-0.2, 0) is 0 Å². The maximum absolute atomic E-state index is 12.5. The number of carbonyl (C=O) groups excluding carboxylic acids is 1. The van der Waals surface area contributed by atoms with Gasteiger partial charge in [-0.25, -0.2) is 4.79 Å². The number of rotatable bonds is 4. The van der Waals surface area contributed by atoms with E-state index in [9.17, 15) is 4.79 Å². The van der Waals surface area contributed by atoms with E-state index in [1.807, 2.05) is 32.9 Å². The molecule has 0 fully saturated rings. The largest absolute Gasteiger partial charge is 0.497 e. The van der Waals surface area contributed by atoms with E-state index in [1.165, 1.54) is 7.11 Å². The summed E-state index contributed by atoms with van der Waals surface area (Å²) in [5, 5.41) is 0. The van der Waals surface area contributed by atoms with Gasteiger partial charge in [0.15, 0.2) is 0 Å². The Morgan fingerprint density at radius 1 is 0.909 bits per heavy atom. The summed E-state index contributed by atoms with van der Waals surface area (Å²) < 4.78 is 16.0. The average Bonchev–Trinajstić information content (AvgIpc) is 2.54. The van der Waals surface area contributed by atoms with Crippen molar-refractivity contribution >= 4 is 5.97 Å². The minimum Gasteiger partial charge on any atom is -0.497 e.